The Morgan fingerprint density at radius 3 is 2.38 bits per heavy atom. The van der Waals surface area contributed by atoms with Gasteiger partial charge in [-0.1, -0.05) is 29.8 Å². The molecule has 1 heterocycles. The number of hydrogen-bond donors (Lipinski definition) is 1. The van der Waals surface area contributed by atoms with Gasteiger partial charge in [-0.05, 0) is 35.2 Å². The zero-order valence-electron chi connectivity index (χ0n) is 8.73. The molecule has 0 radical (unpaired) electrons. The van der Waals surface area contributed by atoms with Crippen molar-refractivity contribution in [2.24, 2.45) is 0 Å². The maximum atomic E-state index is 9.01. The fraction of sp³-hybridized carbons (Fsp3) is 0.154. The maximum absolute atomic E-state index is 9.01. The summed E-state index contributed by atoms with van der Waals surface area (Å²) in [7, 11) is 0. The van der Waals surface area contributed by atoms with Crippen molar-refractivity contribution in [2.75, 3.05) is 0 Å². The lowest BCUT2D eigenvalue weighted by Gasteiger charge is -2.03. The molecule has 0 aliphatic rings. The Kier molecular flexibility index (Phi) is 3.54. The van der Waals surface area contributed by atoms with Gasteiger partial charge in [0.25, 0.3) is 0 Å². The Morgan fingerprint density at radius 1 is 1.00 bits per heavy atom. The Hall–Kier alpha value is -1.38. The van der Waals surface area contributed by atoms with Crippen LogP contribution in [0.1, 0.15) is 16.7 Å². The van der Waals surface area contributed by atoms with Crippen molar-refractivity contribution in [1.29, 1.82) is 0 Å². The third-order valence-electron chi connectivity index (χ3n) is 2.36. The maximum Gasteiger partial charge on any atom is 0.0696 e. The average molecular weight is 234 g/mol. The van der Waals surface area contributed by atoms with Crippen molar-refractivity contribution in [2.45, 2.75) is 13.0 Å². The molecule has 0 fully saturated rings. The van der Waals surface area contributed by atoms with Gasteiger partial charge in [0, 0.05) is 17.4 Å². The van der Waals surface area contributed by atoms with E-state index in [9.17, 15) is 0 Å². The Morgan fingerprint density at radius 2 is 1.69 bits per heavy atom. The molecule has 1 aromatic carbocycles. The summed E-state index contributed by atoms with van der Waals surface area (Å²) in [6.07, 6.45) is 4.29. The summed E-state index contributed by atoms with van der Waals surface area (Å²) in [4.78, 5) is 4.08. The number of pyridine rings is 1. The second-order valence-corrected chi connectivity index (χ2v) is 4.10. The smallest absolute Gasteiger partial charge is 0.0696 e. The van der Waals surface area contributed by atoms with Crippen LogP contribution in [0.25, 0.3) is 0 Å². The van der Waals surface area contributed by atoms with Gasteiger partial charge in [-0.15, -0.1) is 0 Å². The summed E-state index contributed by atoms with van der Waals surface area (Å²) in [5.74, 6) is 0. The minimum atomic E-state index is 0.0292. The number of aromatic nitrogens is 1. The summed E-state index contributed by atoms with van der Waals surface area (Å²) in [6.45, 7) is 0.0292. The van der Waals surface area contributed by atoms with Crippen molar-refractivity contribution in [1.82, 2.24) is 4.98 Å². The van der Waals surface area contributed by atoms with E-state index in [0.717, 1.165) is 22.6 Å². The summed E-state index contributed by atoms with van der Waals surface area (Å²) in [6, 6.07) is 9.70. The first-order valence-electron chi connectivity index (χ1n) is 5.06. The van der Waals surface area contributed by atoms with Crippen LogP contribution in [0, 0.1) is 0 Å². The van der Waals surface area contributed by atoms with Crippen LogP contribution in [-0.4, -0.2) is 10.1 Å². The first kappa shape index (κ1) is 11.1. The second-order valence-electron chi connectivity index (χ2n) is 3.66. The van der Waals surface area contributed by atoms with Crippen LogP contribution in [0.2, 0.25) is 5.02 Å². The minimum Gasteiger partial charge on any atom is -0.392 e. The largest absolute Gasteiger partial charge is 0.392 e. The molecule has 82 valence electrons. The number of aliphatic hydroxyl groups excluding tert-OH is 1. The van der Waals surface area contributed by atoms with E-state index in [1.165, 1.54) is 5.56 Å². The number of aliphatic hydroxyl groups is 1. The predicted octanol–water partition coefficient (Wildman–Crippen LogP) is 2.82. The molecule has 16 heavy (non-hydrogen) atoms. The summed E-state index contributed by atoms with van der Waals surface area (Å²) < 4.78 is 0. The molecular weight excluding hydrogens is 222 g/mol. The molecule has 0 saturated carbocycles. The number of hydrogen-bond acceptors (Lipinski definition) is 2. The van der Waals surface area contributed by atoms with Crippen molar-refractivity contribution < 1.29 is 5.11 Å². The molecule has 0 aliphatic heterocycles. The Labute approximate surface area is 99.5 Å². The van der Waals surface area contributed by atoms with Gasteiger partial charge in [-0.25, -0.2) is 0 Å². The highest BCUT2D eigenvalue weighted by molar-refractivity contribution is 6.30. The highest BCUT2D eigenvalue weighted by atomic mass is 35.5. The van der Waals surface area contributed by atoms with E-state index in [0.29, 0.717) is 0 Å². The molecule has 0 saturated heterocycles. The fourth-order valence-corrected chi connectivity index (χ4v) is 1.69. The highest BCUT2D eigenvalue weighted by Gasteiger charge is 1.98. The quantitative estimate of drug-likeness (QED) is 0.885. The van der Waals surface area contributed by atoms with E-state index >= 15 is 0 Å². The molecular formula is C13H12ClNO. The average Bonchev–Trinajstić information content (AvgIpc) is 2.32. The predicted molar refractivity (Wildman–Crippen MR) is 64.4 cm³/mol. The van der Waals surface area contributed by atoms with E-state index in [1.807, 2.05) is 36.5 Å². The van der Waals surface area contributed by atoms with Crippen LogP contribution in [0.5, 0.6) is 0 Å². The van der Waals surface area contributed by atoms with E-state index in [2.05, 4.69) is 4.98 Å². The van der Waals surface area contributed by atoms with Crippen LogP contribution in [-0.2, 0) is 13.0 Å². The van der Waals surface area contributed by atoms with Crippen molar-refractivity contribution in [3.05, 3.63) is 64.4 Å². The first-order chi connectivity index (χ1) is 7.78. The van der Waals surface area contributed by atoms with Crippen LogP contribution >= 0.6 is 11.6 Å². The van der Waals surface area contributed by atoms with Gasteiger partial charge in [0.05, 0.1) is 6.61 Å². The summed E-state index contributed by atoms with van der Waals surface area (Å²) >= 11 is 5.82. The third kappa shape index (κ3) is 2.81. The summed E-state index contributed by atoms with van der Waals surface area (Å²) in [5, 5.41) is 9.75. The van der Waals surface area contributed by atoms with Gasteiger partial charge in [-0.3, -0.25) is 4.98 Å². The zero-order chi connectivity index (χ0) is 11.4. The van der Waals surface area contributed by atoms with Gasteiger partial charge < -0.3 is 5.11 Å². The number of rotatable bonds is 3. The summed E-state index contributed by atoms with van der Waals surface area (Å²) in [5.41, 5.74) is 3.11. The zero-order valence-corrected chi connectivity index (χ0v) is 9.48. The Bertz CT molecular complexity index is 468. The molecule has 2 aromatic rings. The minimum absolute atomic E-state index is 0.0292. The van der Waals surface area contributed by atoms with Gasteiger partial charge in [-0.2, -0.15) is 0 Å². The molecule has 2 nitrogen and oxygen atoms in total. The van der Waals surface area contributed by atoms with Gasteiger partial charge in [0.2, 0.25) is 0 Å². The first-order valence-corrected chi connectivity index (χ1v) is 5.44. The molecule has 2 rings (SSSR count). The lowest BCUT2D eigenvalue weighted by atomic mass is 10.1. The van der Waals surface area contributed by atoms with Crippen LogP contribution in [0.15, 0.2) is 42.7 Å². The third-order valence-corrected chi connectivity index (χ3v) is 2.61. The van der Waals surface area contributed by atoms with Crippen LogP contribution < -0.4 is 0 Å². The van der Waals surface area contributed by atoms with Gasteiger partial charge in [0.1, 0.15) is 0 Å². The lowest BCUT2D eigenvalue weighted by Crippen LogP contribution is -1.92. The molecule has 0 unspecified atom stereocenters. The van der Waals surface area contributed by atoms with E-state index in [4.69, 9.17) is 16.7 Å². The number of benzene rings is 1. The molecule has 0 bridgehead atoms. The molecule has 3 heteroatoms. The monoisotopic (exact) mass is 233 g/mol. The van der Waals surface area contributed by atoms with E-state index < -0.39 is 0 Å². The van der Waals surface area contributed by atoms with E-state index in [-0.39, 0.29) is 6.61 Å². The Balaban J connectivity index is 2.16. The van der Waals surface area contributed by atoms with Crippen LogP contribution in [0.4, 0.5) is 0 Å². The van der Waals surface area contributed by atoms with Gasteiger partial charge >= 0.3 is 0 Å². The normalized spacial score (nSPS) is 10.4. The highest BCUT2D eigenvalue weighted by Crippen LogP contribution is 2.13. The molecule has 0 amide bonds. The SMILES string of the molecule is OCc1cncc(Cc2ccc(Cl)cc2)c1. The fourth-order valence-electron chi connectivity index (χ4n) is 1.56. The molecule has 1 aromatic heterocycles. The van der Waals surface area contributed by atoms with E-state index in [1.54, 1.807) is 6.20 Å². The lowest BCUT2D eigenvalue weighted by molar-refractivity contribution is 0.281. The molecule has 0 aliphatic carbocycles. The molecule has 0 atom stereocenters. The molecule has 0 spiro atoms. The van der Waals surface area contributed by atoms with Crippen LogP contribution in [0.3, 0.4) is 0 Å². The molecule has 1 N–H and O–H groups in total. The van der Waals surface area contributed by atoms with Gasteiger partial charge in [0.15, 0.2) is 0 Å². The standard InChI is InChI=1S/C13H12ClNO/c14-13-3-1-10(2-4-13)5-11-6-12(9-16)8-15-7-11/h1-4,6-8,16H,5,9H2. The number of nitrogens with zero attached hydrogens (tertiary/aromatic N) is 1. The van der Waals surface area contributed by atoms with Crippen molar-refractivity contribution >= 4 is 11.6 Å². The van der Waals surface area contributed by atoms with Crippen molar-refractivity contribution in [3.8, 4) is 0 Å². The second kappa shape index (κ2) is 5.10. The van der Waals surface area contributed by atoms with Crippen molar-refractivity contribution in [3.63, 3.8) is 0 Å². The topological polar surface area (TPSA) is 33.1 Å². The number of halogens is 1.